The van der Waals surface area contributed by atoms with Crippen LogP contribution in [0.4, 0.5) is 10.1 Å². The Bertz CT molecular complexity index is 700. The van der Waals surface area contributed by atoms with Gasteiger partial charge in [-0.3, -0.25) is 4.72 Å². The van der Waals surface area contributed by atoms with E-state index in [1.807, 2.05) is 0 Å². The Hall–Kier alpha value is -0.960. The first-order valence-corrected chi connectivity index (χ1v) is 8.28. The van der Waals surface area contributed by atoms with Gasteiger partial charge in [-0.2, -0.15) is 0 Å². The molecule has 8 heteroatoms. The summed E-state index contributed by atoms with van der Waals surface area (Å²) < 4.78 is 40.3. The summed E-state index contributed by atoms with van der Waals surface area (Å²) in [6.07, 6.45) is 0. The molecule has 0 aliphatic rings. The summed E-state index contributed by atoms with van der Waals surface area (Å²) in [6.45, 7) is 0.282. The van der Waals surface area contributed by atoms with E-state index >= 15 is 0 Å². The van der Waals surface area contributed by atoms with E-state index in [0.29, 0.717) is 4.47 Å². The van der Waals surface area contributed by atoms with E-state index in [-0.39, 0.29) is 16.4 Å². The van der Waals surface area contributed by atoms with Crippen molar-refractivity contribution in [1.29, 1.82) is 0 Å². The number of thiophene rings is 1. The Morgan fingerprint density at radius 2 is 2.05 bits per heavy atom. The molecule has 1 aromatic heterocycles. The van der Waals surface area contributed by atoms with Crippen LogP contribution in [-0.4, -0.2) is 8.42 Å². The van der Waals surface area contributed by atoms with Gasteiger partial charge < -0.3 is 5.73 Å². The molecule has 102 valence electrons. The van der Waals surface area contributed by atoms with Gasteiger partial charge >= 0.3 is 0 Å². The zero-order valence-electron chi connectivity index (χ0n) is 9.56. The van der Waals surface area contributed by atoms with E-state index in [1.165, 1.54) is 18.2 Å². The fourth-order valence-corrected chi connectivity index (χ4v) is 4.17. The van der Waals surface area contributed by atoms with Crippen LogP contribution >= 0.6 is 27.3 Å². The predicted octanol–water partition coefficient (Wildman–Crippen LogP) is 2.91. The molecule has 1 aromatic carbocycles. The highest BCUT2D eigenvalue weighted by Crippen LogP contribution is 2.28. The first kappa shape index (κ1) is 14.4. The van der Waals surface area contributed by atoms with Crippen LogP contribution in [0.2, 0.25) is 0 Å². The molecule has 4 nitrogen and oxygen atoms in total. The SMILES string of the molecule is NCc1ccc(S(=O)(=O)Nc2cc(F)ccc2Br)s1. The van der Waals surface area contributed by atoms with Gasteiger partial charge in [0.05, 0.1) is 5.69 Å². The molecule has 0 fully saturated rings. The van der Waals surface area contributed by atoms with Crippen LogP contribution in [0, 0.1) is 5.82 Å². The minimum atomic E-state index is -3.73. The van der Waals surface area contributed by atoms with E-state index in [0.717, 1.165) is 22.3 Å². The van der Waals surface area contributed by atoms with Crippen molar-refractivity contribution in [1.82, 2.24) is 0 Å². The number of sulfonamides is 1. The average Bonchev–Trinajstić information content (AvgIpc) is 2.83. The molecule has 2 rings (SSSR count). The second kappa shape index (κ2) is 5.58. The lowest BCUT2D eigenvalue weighted by Gasteiger charge is -2.08. The summed E-state index contributed by atoms with van der Waals surface area (Å²) in [5.74, 6) is -0.519. The van der Waals surface area contributed by atoms with Gasteiger partial charge in [0.2, 0.25) is 0 Å². The Kier molecular flexibility index (Phi) is 4.24. The van der Waals surface area contributed by atoms with Crippen molar-refractivity contribution < 1.29 is 12.8 Å². The maximum atomic E-state index is 13.1. The molecule has 2 aromatic rings. The van der Waals surface area contributed by atoms with Crippen LogP contribution < -0.4 is 10.5 Å². The van der Waals surface area contributed by atoms with Crippen molar-refractivity contribution in [2.24, 2.45) is 5.73 Å². The Morgan fingerprint density at radius 3 is 2.68 bits per heavy atom. The second-order valence-electron chi connectivity index (χ2n) is 3.65. The second-order valence-corrected chi connectivity index (χ2v) is 7.59. The normalized spacial score (nSPS) is 11.5. The lowest BCUT2D eigenvalue weighted by atomic mass is 10.3. The Labute approximate surface area is 122 Å². The highest BCUT2D eigenvalue weighted by Gasteiger charge is 2.18. The van der Waals surface area contributed by atoms with Gasteiger partial charge in [0.15, 0.2) is 0 Å². The number of halogens is 2. The summed E-state index contributed by atoms with van der Waals surface area (Å²) in [7, 11) is -3.73. The number of nitrogens with two attached hydrogens (primary N) is 1. The third-order valence-corrected chi connectivity index (χ3v) is 5.93. The molecule has 0 spiro atoms. The molecule has 0 aliphatic heterocycles. The lowest BCUT2D eigenvalue weighted by Crippen LogP contribution is -2.12. The van der Waals surface area contributed by atoms with Crippen LogP contribution in [0.5, 0.6) is 0 Å². The molecule has 0 amide bonds. The number of nitrogens with one attached hydrogen (secondary N) is 1. The van der Waals surface area contributed by atoms with E-state index < -0.39 is 15.8 Å². The molecule has 0 atom stereocenters. The van der Waals surface area contributed by atoms with Gasteiger partial charge in [-0.1, -0.05) is 0 Å². The summed E-state index contributed by atoms with van der Waals surface area (Å²) in [4.78, 5) is 0.763. The molecule has 0 radical (unpaired) electrons. The molecule has 3 N–H and O–H groups in total. The number of benzene rings is 1. The molecular formula is C11H10BrFN2O2S2. The number of hydrogen-bond acceptors (Lipinski definition) is 4. The molecular weight excluding hydrogens is 355 g/mol. The molecule has 1 heterocycles. The molecule has 0 aliphatic carbocycles. The summed E-state index contributed by atoms with van der Waals surface area (Å²) in [5, 5.41) is 0. The largest absolute Gasteiger partial charge is 0.326 e. The minimum Gasteiger partial charge on any atom is -0.326 e. The average molecular weight is 365 g/mol. The van der Waals surface area contributed by atoms with E-state index in [9.17, 15) is 12.8 Å². The van der Waals surface area contributed by atoms with Crippen molar-refractivity contribution in [3.63, 3.8) is 0 Å². The summed E-state index contributed by atoms with van der Waals surface area (Å²) in [6, 6.07) is 6.91. The van der Waals surface area contributed by atoms with Gasteiger partial charge in [-0.05, 0) is 46.3 Å². The zero-order valence-corrected chi connectivity index (χ0v) is 12.8. The van der Waals surface area contributed by atoms with Gasteiger partial charge in [-0.25, -0.2) is 12.8 Å². The lowest BCUT2D eigenvalue weighted by molar-refractivity contribution is 0.603. The topological polar surface area (TPSA) is 72.2 Å². The van der Waals surface area contributed by atoms with Crippen LogP contribution in [0.15, 0.2) is 39.0 Å². The maximum absolute atomic E-state index is 13.1. The third-order valence-electron chi connectivity index (χ3n) is 2.28. The minimum absolute atomic E-state index is 0.143. The van der Waals surface area contributed by atoms with E-state index in [2.05, 4.69) is 20.7 Å². The van der Waals surface area contributed by atoms with Gasteiger partial charge in [0, 0.05) is 15.9 Å². The Morgan fingerprint density at radius 1 is 1.32 bits per heavy atom. The van der Waals surface area contributed by atoms with Gasteiger partial charge in [0.25, 0.3) is 10.0 Å². The van der Waals surface area contributed by atoms with Crippen molar-refractivity contribution in [2.45, 2.75) is 10.8 Å². The van der Waals surface area contributed by atoms with Crippen LogP contribution in [-0.2, 0) is 16.6 Å². The van der Waals surface area contributed by atoms with Gasteiger partial charge in [0.1, 0.15) is 10.0 Å². The summed E-state index contributed by atoms with van der Waals surface area (Å²) in [5.41, 5.74) is 5.60. The van der Waals surface area contributed by atoms with Crippen molar-refractivity contribution in [3.05, 3.63) is 45.5 Å². The highest BCUT2D eigenvalue weighted by atomic mass is 79.9. The zero-order chi connectivity index (χ0) is 14.0. The third kappa shape index (κ3) is 3.33. The first-order valence-electron chi connectivity index (χ1n) is 5.19. The Balaban J connectivity index is 2.33. The van der Waals surface area contributed by atoms with Crippen molar-refractivity contribution >= 4 is 43.0 Å². The molecule has 19 heavy (non-hydrogen) atoms. The van der Waals surface area contributed by atoms with Crippen LogP contribution in [0.25, 0.3) is 0 Å². The highest BCUT2D eigenvalue weighted by molar-refractivity contribution is 9.10. The van der Waals surface area contributed by atoms with Crippen molar-refractivity contribution in [2.75, 3.05) is 4.72 Å². The van der Waals surface area contributed by atoms with Crippen LogP contribution in [0.1, 0.15) is 4.88 Å². The van der Waals surface area contributed by atoms with Crippen LogP contribution in [0.3, 0.4) is 0 Å². The van der Waals surface area contributed by atoms with Crippen molar-refractivity contribution in [3.8, 4) is 0 Å². The number of anilines is 1. The fraction of sp³-hybridized carbons (Fsp3) is 0.0909. The standard InChI is InChI=1S/C11H10BrFN2O2S2/c12-9-3-1-7(13)5-10(9)15-19(16,17)11-4-2-8(6-14)18-11/h1-5,15H,6,14H2. The quantitative estimate of drug-likeness (QED) is 0.875. The van der Waals surface area contributed by atoms with E-state index in [1.54, 1.807) is 6.07 Å². The first-order chi connectivity index (χ1) is 8.92. The predicted molar refractivity (Wildman–Crippen MR) is 77.1 cm³/mol. The number of hydrogen-bond donors (Lipinski definition) is 2. The molecule has 0 saturated heterocycles. The van der Waals surface area contributed by atoms with E-state index in [4.69, 9.17) is 5.73 Å². The maximum Gasteiger partial charge on any atom is 0.271 e. The number of rotatable bonds is 4. The fourth-order valence-electron chi connectivity index (χ4n) is 1.38. The molecule has 0 unspecified atom stereocenters. The summed E-state index contributed by atoms with van der Waals surface area (Å²) >= 11 is 4.25. The molecule has 0 bridgehead atoms. The van der Waals surface area contributed by atoms with Gasteiger partial charge in [-0.15, -0.1) is 11.3 Å². The monoisotopic (exact) mass is 364 g/mol. The smallest absolute Gasteiger partial charge is 0.271 e. The molecule has 0 saturated carbocycles.